The van der Waals surface area contributed by atoms with E-state index in [2.05, 4.69) is 21.4 Å². The van der Waals surface area contributed by atoms with E-state index in [0.717, 1.165) is 18.4 Å². The second kappa shape index (κ2) is 7.02. The van der Waals surface area contributed by atoms with E-state index in [0.29, 0.717) is 22.1 Å². The summed E-state index contributed by atoms with van der Waals surface area (Å²) >= 11 is 1.31. The molecule has 2 aromatic rings. The summed E-state index contributed by atoms with van der Waals surface area (Å²) in [6.45, 7) is 3.58. The lowest BCUT2D eigenvalue weighted by molar-refractivity contribution is -0.120. The minimum absolute atomic E-state index is 0.0356. The molecule has 1 amide bonds. The Morgan fingerprint density at radius 3 is 2.62 bits per heavy atom. The number of amides is 1. The van der Waals surface area contributed by atoms with Crippen LogP contribution in [0.4, 0.5) is 0 Å². The van der Waals surface area contributed by atoms with Gasteiger partial charge in [0.15, 0.2) is 0 Å². The first-order chi connectivity index (χ1) is 11.6. The zero-order valence-corrected chi connectivity index (χ0v) is 14.4. The Bertz CT molecular complexity index is 797. The number of aryl methyl sites for hydroxylation is 2. The van der Waals surface area contributed by atoms with Gasteiger partial charge in [-0.1, -0.05) is 42.1 Å². The summed E-state index contributed by atoms with van der Waals surface area (Å²) in [5, 5.41) is 12.6. The van der Waals surface area contributed by atoms with Gasteiger partial charge < -0.3 is 5.32 Å². The van der Waals surface area contributed by atoms with Gasteiger partial charge in [-0.3, -0.25) is 4.79 Å². The normalized spacial score (nSPS) is 14.7. The Morgan fingerprint density at radius 1 is 1.29 bits per heavy atom. The van der Waals surface area contributed by atoms with E-state index in [1.165, 1.54) is 11.8 Å². The van der Waals surface area contributed by atoms with E-state index in [1.54, 1.807) is 13.8 Å². The molecule has 122 valence electrons. The smallest absolute Gasteiger partial charge is 0.238 e. The number of hydrogen-bond acceptors (Lipinski definition) is 5. The molecule has 1 unspecified atom stereocenters. The number of nitriles is 1. The molecule has 24 heavy (non-hydrogen) atoms. The maximum absolute atomic E-state index is 12.7. The number of benzene rings is 1. The molecule has 1 atom stereocenters. The van der Waals surface area contributed by atoms with Gasteiger partial charge in [0.1, 0.15) is 27.7 Å². The Balaban J connectivity index is 1.95. The van der Waals surface area contributed by atoms with Gasteiger partial charge in [0.2, 0.25) is 5.91 Å². The predicted molar refractivity (Wildman–Crippen MR) is 92.4 cm³/mol. The van der Waals surface area contributed by atoms with E-state index in [1.807, 2.05) is 30.3 Å². The van der Waals surface area contributed by atoms with E-state index in [4.69, 9.17) is 0 Å². The maximum Gasteiger partial charge on any atom is 0.238 e. The van der Waals surface area contributed by atoms with Crippen LogP contribution in [0.25, 0.3) is 0 Å². The highest BCUT2D eigenvalue weighted by Gasteiger charge is 2.30. The molecule has 0 aliphatic heterocycles. The molecule has 1 saturated carbocycles. The van der Waals surface area contributed by atoms with Gasteiger partial charge in [-0.2, -0.15) is 5.26 Å². The molecule has 1 fully saturated rings. The summed E-state index contributed by atoms with van der Waals surface area (Å²) < 4.78 is 0. The van der Waals surface area contributed by atoms with Crippen LogP contribution in [0.2, 0.25) is 0 Å². The van der Waals surface area contributed by atoms with Crippen molar-refractivity contribution in [3.63, 3.8) is 0 Å². The summed E-state index contributed by atoms with van der Waals surface area (Å²) in [4.78, 5) is 21.3. The van der Waals surface area contributed by atoms with Gasteiger partial charge in [-0.05, 0) is 32.3 Å². The molecule has 1 heterocycles. The highest BCUT2D eigenvalue weighted by atomic mass is 32.2. The average molecular weight is 338 g/mol. The van der Waals surface area contributed by atoms with Gasteiger partial charge in [0, 0.05) is 6.04 Å². The molecule has 1 aromatic heterocycles. The quantitative estimate of drug-likeness (QED) is 0.669. The zero-order valence-electron chi connectivity index (χ0n) is 13.6. The van der Waals surface area contributed by atoms with Crippen LogP contribution in [0.5, 0.6) is 0 Å². The second-order valence-electron chi connectivity index (χ2n) is 5.84. The van der Waals surface area contributed by atoms with Crippen LogP contribution in [-0.4, -0.2) is 21.9 Å². The number of carbonyl (C=O) groups excluding carboxylic acids is 1. The molecule has 0 bridgehead atoms. The van der Waals surface area contributed by atoms with Crippen molar-refractivity contribution in [3.8, 4) is 6.07 Å². The number of rotatable bonds is 5. The Morgan fingerprint density at radius 2 is 2.00 bits per heavy atom. The Hall–Kier alpha value is -2.39. The SMILES string of the molecule is Cc1nc(C)c(C#N)c(SC(C(=O)NC2CC2)c2ccccc2)n1. The molecule has 0 radical (unpaired) electrons. The van der Waals surface area contributed by atoms with Crippen molar-refractivity contribution >= 4 is 17.7 Å². The lowest BCUT2D eigenvalue weighted by atomic mass is 10.1. The third-order valence-electron chi connectivity index (χ3n) is 3.77. The molecule has 3 rings (SSSR count). The number of nitrogens with one attached hydrogen (secondary N) is 1. The van der Waals surface area contributed by atoms with Crippen LogP contribution in [0.1, 0.15) is 40.7 Å². The number of aromatic nitrogens is 2. The molecule has 1 aliphatic rings. The van der Waals surface area contributed by atoms with Crippen LogP contribution < -0.4 is 5.32 Å². The molecule has 0 spiro atoms. The molecular weight excluding hydrogens is 320 g/mol. The van der Waals surface area contributed by atoms with Crippen LogP contribution in [0.3, 0.4) is 0 Å². The molecule has 1 aromatic carbocycles. The van der Waals surface area contributed by atoms with Crippen LogP contribution >= 0.6 is 11.8 Å². The van der Waals surface area contributed by atoms with Crippen molar-refractivity contribution in [1.29, 1.82) is 5.26 Å². The van der Waals surface area contributed by atoms with Crippen molar-refractivity contribution in [2.24, 2.45) is 0 Å². The minimum Gasteiger partial charge on any atom is -0.352 e. The summed E-state index contributed by atoms with van der Waals surface area (Å²) in [5.41, 5.74) is 1.98. The van der Waals surface area contributed by atoms with Gasteiger partial charge in [-0.15, -0.1) is 0 Å². The molecule has 6 heteroatoms. The molecule has 5 nitrogen and oxygen atoms in total. The Kier molecular flexibility index (Phi) is 4.81. The van der Waals surface area contributed by atoms with Gasteiger partial charge in [0.05, 0.1) is 5.69 Å². The van der Waals surface area contributed by atoms with Crippen molar-refractivity contribution in [2.75, 3.05) is 0 Å². The first-order valence-corrected chi connectivity index (χ1v) is 8.73. The van der Waals surface area contributed by atoms with Crippen LogP contribution in [-0.2, 0) is 4.79 Å². The van der Waals surface area contributed by atoms with E-state index in [-0.39, 0.29) is 11.9 Å². The molecule has 1 aliphatic carbocycles. The predicted octanol–water partition coefficient (Wildman–Crippen LogP) is 3.08. The van der Waals surface area contributed by atoms with Crippen molar-refractivity contribution in [3.05, 3.63) is 53.0 Å². The van der Waals surface area contributed by atoms with Crippen molar-refractivity contribution in [2.45, 2.75) is 43.0 Å². The van der Waals surface area contributed by atoms with Gasteiger partial charge >= 0.3 is 0 Å². The Labute approximate surface area is 145 Å². The van der Waals surface area contributed by atoms with E-state index < -0.39 is 5.25 Å². The zero-order chi connectivity index (χ0) is 17.1. The third-order valence-corrected chi connectivity index (χ3v) is 5.01. The van der Waals surface area contributed by atoms with Crippen LogP contribution in [0.15, 0.2) is 35.4 Å². The summed E-state index contributed by atoms with van der Waals surface area (Å²) in [6.07, 6.45) is 2.07. The van der Waals surface area contributed by atoms with E-state index in [9.17, 15) is 10.1 Å². The van der Waals surface area contributed by atoms with Gasteiger partial charge in [-0.25, -0.2) is 9.97 Å². The highest BCUT2D eigenvalue weighted by Crippen LogP contribution is 2.37. The summed E-state index contributed by atoms with van der Waals surface area (Å²) in [5.74, 6) is 0.565. The number of hydrogen-bond donors (Lipinski definition) is 1. The fourth-order valence-electron chi connectivity index (χ4n) is 2.41. The number of nitrogens with zero attached hydrogens (tertiary/aromatic N) is 3. The lowest BCUT2D eigenvalue weighted by Crippen LogP contribution is -2.29. The summed E-state index contributed by atoms with van der Waals surface area (Å²) in [7, 11) is 0. The fourth-order valence-corrected chi connectivity index (χ4v) is 3.60. The molecular formula is C18H18N4OS. The monoisotopic (exact) mass is 338 g/mol. The van der Waals surface area contributed by atoms with Crippen LogP contribution in [0, 0.1) is 25.2 Å². The highest BCUT2D eigenvalue weighted by molar-refractivity contribution is 8.00. The standard InChI is InChI=1S/C18H18N4OS/c1-11-15(10-19)18(21-12(2)20-11)24-16(13-6-4-3-5-7-13)17(23)22-14-8-9-14/h3-7,14,16H,8-9H2,1-2H3,(H,22,23). The number of thioether (sulfide) groups is 1. The average Bonchev–Trinajstić information content (AvgIpc) is 3.37. The van der Waals surface area contributed by atoms with Crippen molar-refractivity contribution < 1.29 is 4.79 Å². The molecule has 0 saturated heterocycles. The van der Waals surface area contributed by atoms with Crippen molar-refractivity contribution in [1.82, 2.24) is 15.3 Å². The molecule has 1 N–H and O–H groups in total. The first-order valence-electron chi connectivity index (χ1n) is 7.86. The topological polar surface area (TPSA) is 78.7 Å². The second-order valence-corrected chi connectivity index (χ2v) is 6.93. The van der Waals surface area contributed by atoms with Gasteiger partial charge in [0.25, 0.3) is 0 Å². The largest absolute Gasteiger partial charge is 0.352 e. The number of carbonyl (C=O) groups is 1. The fraction of sp³-hybridized carbons (Fsp3) is 0.333. The maximum atomic E-state index is 12.7. The lowest BCUT2D eigenvalue weighted by Gasteiger charge is -2.17. The minimum atomic E-state index is -0.437. The first kappa shape index (κ1) is 16.5. The third kappa shape index (κ3) is 3.74. The van der Waals surface area contributed by atoms with E-state index >= 15 is 0 Å². The summed E-state index contributed by atoms with van der Waals surface area (Å²) in [6, 6.07) is 12.0.